The lowest BCUT2D eigenvalue weighted by Crippen LogP contribution is -2.31. The standard InChI is InChI=1S/C24H21FN4O4/c1-14-26-18(12-23(30)27-14)11-20(15-6-8-17(25)9-7-15)28-24(31)21-13-22(33-29-21)16-4-3-5-19(10-16)32-2/h3-10,12-13,20H,11H2,1-2H3,(H,28,31)(H,26,27,30). The minimum absolute atomic E-state index is 0.0787. The fraction of sp³-hybridized carbons (Fsp3) is 0.167. The number of nitrogens with one attached hydrogen (secondary N) is 2. The molecule has 2 heterocycles. The second-order valence-corrected chi connectivity index (χ2v) is 7.41. The predicted molar refractivity (Wildman–Crippen MR) is 118 cm³/mol. The van der Waals surface area contributed by atoms with Gasteiger partial charge in [0.2, 0.25) is 0 Å². The molecule has 168 valence electrons. The van der Waals surface area contributed by atoms with E-state index in [2.05, 4.69) is 20.4 Å². The van der Waals surface area contributed by atoms with Gasteiger partial charge in [-0.3, -0.25) is 9.59 Å². The Morgan fingerprint density at radius 1 is 1.18 bits per heavy atom. The van der Waals surface area contributed by atoms with E-state index < -0.39 is 17.8 Å². The van der Waals surface area contributed by atoms with Gasteiger partial charge in [-0.2, -0.15) is 0 Å². The number of aromatic amines is 1. The van der Waals surface area contributed by atoms with Crippen LogP contribution in [0.15, 0.2) is 70.0 Å². The number of ether oxygens (including phenoxy) is 1. The molecule has 9 heteroatoms. The number of aromatic nitrogens is 3. The summed E-state index contributed by atoms with van der Waals surface area (Å²) < 4.78 is 24.0. The molecule has 0 aliphatic heterocycles. The molecule has 4 aromatic rings. The predicted octanol–water partition coefficient (Wildman–Crippen LogP) is 3.59. The second-order valence-electron chi connectivity index (χ2n) is 7.41. The molecule has 0 saturated heterocycles. The summed E-state index contributed by atoms with van der Waals surface area (Å²) in [5.41, 5.74) is 1.64. The lowest BCUT2D eigenvalue weighted by molar-refractivity contribution is 0.0927. The number of H-pyrrole nitrogens is 1. The van der Waals surface area contributed by atoms with Crippen molar-refractivity contribution in [3.8, 4) is 17.1 Å². The Morgan fingerprint density at radius 2 is 1.97 bits per heavy atom. The summed E-state index contributed by atoms with van der Waals surface area (Å²) >= 11 is 0. The van der Waals surface area contributed by atoms with E-state index >= 15 is 0 Å². The minimum Gasteiger partial charge on any atom is -0.497 e. The number of carbonyl (C=O) groups is 1. The first-order valence-corrected chi connectivity index (χ1v) is 10.2. The van der Waals surface area contributed by atoms with Crippen LogP contribution in [0.25, 0.3) is 11.3 Å². The molecule has 0 bridgehead atoms. The molecular weight excluding hydrogens is 427 g/mol. The number of hydrogen-bond donors (Lipinski definition) is 2. The molecule has 0 saturated carbocycles. The molecule has 0 aliphatic carbocycles. The third-order valence-electron chi connectivity index (χ3n) is 5.00. The highest BCUT2D eigenvalue weighted by Crippen LogP contribution is 2.25. The van der Waals surface area contributed by atoms with E-state index in [1.165, 1.54) is 24.3 Å². The molecule has 2 N–H and O–H groups in total. The fourth-order valence-corrected chi connectivity index (χ4v) is 3.43. The average molecular weight is 448 g/mol. The smallest absolute Gasteiger partial charge is 0.273 e. The van der Waals surface area contributed by atoms with Crippen LogP contribution in [0.1, 0.15) is 33.6 Å². The van der Waals surface area contributed by atoms with Gasteiger partial charge in [-0.25, -0.2) is 9.37 Å². The fourth-order valence-electron chi connectivity index (χ4n) is 3.43. The van der Waals surface area contributed by atoms with Crippen molar-refractivity contribution in [2.24, 2.45) is 0 Å². The number of hydrogen-bond acceptors (Lipinski definition) is 6. The molecule has 0 fully saturated rings. The first-order valence-electron chi connectivity index (χ1n) is 10.2. The van der Waals surface area contributed by atoms with Crippen molar-refractivity contribution in [3.63, 3.8) is 0 Å². The lowest BCUT2D eigenvalue weighted by atomic mass is 10.0. The Bertz CT molecular complexity index is 1330. The molecular formula is C24H21FN4O4. The van der Waals surface area contributed by atoms with Crippen LogP contribution in [-0.4, -0.2) is 28.1 Å². The maximum atomic E-state index is 13.5. The topological polar surface area (TPSA) is 110 Å². The quantitative estimate of drug-likeness (QED) is 0.447. The number of amides is 1. The highest BCUT2D eigenvalue weighted by molar-refractivity contribution is 5.93. The van der Waals surface area contributed by atoms with Crippen LogP contribution in [0.4, 0.5) is 4.39 Å². The monoisotopic (exact) mass is 448 g/mol. The number of rotatable bonds is 7. The van der Waals surface area contributed by atoms with Gasteiger partial charge < -0.3 is 19.6 Å². The van der Waals surface area contributed by atoms with Gasteiger partial charge in [0.15, 0.2) is 11.5 Å². The van der Waals surface area contributed by atoms with Crippen LogP contribution in [0.3, 0.4) is 0 Å². The van der Waals surface area contributed by atoms with Gasteiger partial charge in [0.25, 0.3) is 11.5 Å². The summed E-state index contributed by atoms with van der Waals surface area (Å²) in [7, 11) is 1.56. The largest absolute Gasteiger partial charge is 0.497 e. The first kappa shape index (κ1) is 21.9. The number of nitrogens with zero attached hydrogens (tertiary/aromatic N) is 2. The van der Waals surface area contributed by atoms with Crippen molar-refractivity contribution in [2.75, 3.05) is 7.11 Å². The number of halogens is 1. The van der Waals surface area contributed by atoms with Gasteiger partial charge in [-0.05, 0) is 36.8 Å². The van der Waals surface area contributed by atoms with Gasteiger partial charge in [0.05, 0.1) is 18.8 Å². The maximum Gasteiger partial charge on any atom is 0.273 e. The normalized spacial score (nSPS) is 11.7. The van der Waals surface area contributed by atoms with Crippen LogP contribution in [0, 0.1) is 12.7 Å². The van der Waals surface area contributed by atoms with E-state index in [9.17, 15) is 14.0 Å². The van der Waals surface area contributed by atoms with Crippen LogP contribution in [0.5, 0.6) is 5.75 Å². The molecule has 8 nitrogen and oxygen atoms in total. The van der Waals surface area contributed by atoms with Gasteiger partial charge in [-0.15, -0.1) is 0 Å². The van der Waals surface area contributed by atoms with Crippen molar-refractivity contribution in [1.82, 2.24) is 20.4 Å². The summed E-state index contributed by atoms with van der Waals surface area (Å²) in [6, 6.07) is 15.3. The van der Waals surface area contributed by atoms with Crippen LogP contribution < -0.4 is 15.6 Å². The van der Waals surface area contributed by atoms with E-state index in [0.717, 1.165) is 0 Å². The summed E-state index contributed by atoms with van der Waals surface area (Å²) in [5, 5.41) is 6.77. The average Bonchev–Trinajstić information content (AvgIpc) is 3.29. The van der Waals surface area contributed by atoms with Gasteiger partial charge in [0, 0.05) is 24.1 Å². The van der Waals surface area contributed by atoms with E-state index in [0.29, 0.717) is 34.2 Å². The molecule has 1 atom stereocenters. The molecule has 33 heavy (non-hydrogen) atoms. The molecule has 2 aromatic heterocycles. The SMILES string of the molecule is COc1cccc(-c2cc(C(=O)NC(Cc3cc(=O)[nH]c(C)n3)c3ccc(F)cc3)no2)c1. The molecule has 4 rings (SSSR count). The summed E-state index contributed by atoms with van der Waals surface area (Å²) in [6.07, 6.45) is 0.225. The lowest BCUT2D eigenvalue weighted by Gasteiger charge is -2.18. The van der Waals surface area contributed by atoms with Crippen molar-refractivity contribution in [2.45, 2.75) is 19.4 Å². The zero-order chi connectivity index (χ0) is 23.4. The number of carbonyl (C=O) groups excluding carboxylic acids is 1. The van der Waals surface area contributed by atoms with Gasteiger partial charge in [0.1, 0.15) is 17.4 Å². The Labute approximate surface area is 188 Å². The van der Waals surface area contributed by atoms with Crippen molar-refractivity contribution in [3.05, 3.63) is 99.6 Å². The molecule has 1 unspecified atom stereocenters. The van der Waals surface area contributed by atoms with Crippen LogP contribution in [-0.2, 0) is 6.42 Å². The number of aryl methyl sites for hydroxylation is 1. The van der Waals surface area contributed by atoms with Crippen LogP contribution in [0.2, 0.25) is 0 Å². The molecule has 0 spiro atoms. The third-order valence-corrected chi connectivity index (χ3v) is 5.00. The Morgan fingerprint density at radius 3 is 2.70 bits per heavy atom. The Kier molecular flexibility index (Phi) is 6.30. The van der Waals surface area contributed by atoms with Crippen LogP contribution >= 0.6 is 0 Å². The highest BCUT2D eigenvalue weighted by atomic mass is 19.1. The second kappa shape index (κ2) is 9.47. The van der Waals surface area contributed by atoms with Gasteiger partial charge >= 0.3 is 0 Å². The number of benzene rings is 2. The zero-order valence-electron chi connectivity index (χ0n) is 18.0. The van der Waals surface area contributed by atoms with Crippen molar-refractivity contribution >= 4 is 5.91 Å². The summed E-state index contributed by atoms with van der Waals surface area (Å²) in [5.74, 6) is 0.634. The van der Waals surface area contributed by atoms with E-state index in [1.807, 2.05) is 6.07 Å². The zero-order valence-corrected chi connectivity index (χ0v) is 18.0. The highest BCUT2D eigenvalue weighted by Gasteiger charge is 2.21. The van der Waals surface area contributed by atoms with Gasteiger partial charge in [-0.1, -0.05) is 29.4 Å². The first-order chi connectivity index (χ1) is 15.9. The number of methoxy groups -OCH3 is 1. The molecule has 0 aliphatic rings. The van der Waals surface area contributed by atoms with Crippen molar-refractivity contribution < 1.29 is 18.4 Å². The maximum absolute atomic E-state index is 13.5. The molecule has 1 amide bonds. The van der Waals surface area contributed by atoms with E-state index in [4.69, 9.17) is 9.26 Å². The van der Waals surface area contributed by atoms with Crippen molar-refractivity contribution in [1.29, 1.82) is 0 Å². The summed E-state index contributed by atoms with van der Waals surface area (Å²) in [4.78, 5) is 31.7. The Balaban J connectivity index is 1.59. The van der Waals surface area contributed by atoms with E-state index in [-0.39, 0.29) is 17.7 Å². The Hall–Kier alpha value is -4.27. The minimum atomic E-state index is -0.580. The third kappa shape index (κ3) is 5.32. The summed E-state index contributed by atoms with van der Waals surface area (Å²) in [6.45, 7) is 1.67. The molecule has 2 aromatic carbocycles. The molecule has 0 radical (unpaired) electrons. The van der Waals surface area contributed by atoms with E-state index in [1.54, 1.807) is 44.4 Å².